The number of fused-ring (bicyclic) bond motifs is 1. The van der Waals surface area contributed by atoms with Crippen molar-refractivity contribution in [2.24, 2.45) is 0 Å². The Morgan fingerprint density at radius 2 is 2.00 bits per heavy atom. The van der Waals surface area contributed by atoms with Crippen molar-refractivity contribution >= 4 is 24.5 Å². The lowest BCUT2D eigenvalue weighted by Crippen LogP contribution is -2.24. The second-order valence-electron chi connectivity index (χ2n) is 5.68. The van der Waals surface area contributed by atoms with Crippen LogP contribution in [0, 0.1) is 0 Å². The third-order valence-electron chi connectivity index (χ3n) is 3.79. The van der Waals surface area contributed by atoms with Crippen LogP contribution in [0.2, 0.25) is 0 Å². The molecule has 0 fully saturated rings. The number of nitrogens with zero attached hydrogens (tertiary/aromatic N) is 2. The van der Waals surface area contributed by atoms with Gasteiger partial charge >= 0.3 is 13.6 Å². The summed E-state index contributed by atoms with van der Waals surface area (Å²) in [4.78, 5) is 13.5. The van der Waals surface area contributed by atoms with Crippen molar-refractivity contribution in [3.63, 3.8) is 0 Å². The van der Waals surface area contributed by atoms with Gasteiger partial charge in [-0.05, 0) is 32.1 Å². The number of benzene rings is 1. The Morgan fingerprint density at radius 1 is 1.29 bits per heavy atom. The van der Waals surface area contributed by atoms with Crippen molar-refractivity contribution in [1.29, 1.82) is 0 Å². The first-order valence-electron chi connectivity index (χ1n) is 7.63. The van der Waals surface area contributed by atoms with Crippen LogP contribution in [-0.2, 0) is 25.0 Å². The molecule has 0 saturated carbocycles. The molecule has 0 radical (unpaired) electrons. The third-order valence-corrected chi connectivity index (χ3v) is 5.74. The molecule has 0 aliphatic heterocycles. The van der Waals surface area contributed by atoms with Crippen LogP contribution >= 0.6 is 7.67 Å². The summed E-state index contributed by atoms with van der Waals surface area (Å²) in [5.74, 6) is -0.503. The maximum atomic E-state index is 13.2. The predicted molar refractivity (Wildman–Crippen MR) is 94.2 cm³/mol. The second kappa shape index (κ2) is 7.94. The molecule has 0 amide bonds. The normalized spacial score (nSPS) is 14.0. The Bertz CT molecular complexity index is 757. The third kappa shape index (κ3) is 4.05. The monoisotopic (exact) mass is 353 g/mol. The zero-order valence-corrected chi connectivity index (χ0v) is 15.4. The number of esters is 1. The highest BCUT2D eigenvalue weighted by molar-refractivity contribution is 7.55. The van der Waals surface area contributed by atoms with Crippen molar-refractivity contribution in [1.82, 2.24) is 14.3 Å². The van der Waals surface area contributed by atoms with Gasteiger partial charge in [0.1, 0.15) is 6.54 Å². The number of rotatable bonds is 8. The highest BCUT2D eigenvalue weighted by atomic mass is 31.2. The fraction of sp³-hybridized carbons (Fsp3) is 0.438. The lowest BCUT2D eigenvalue weighted by atomic mass is 10.1. The minimum Gasteiger partial charge on any atom is -0.468 e. The van der Waals surface area contributed by atoms with Crippen molar-refractivity contribution in [2.75, 3.05) is 41.4 Å². The van der Waals surface area contributed by atoms with Crippen LogP contribution < -0.4 is 5.09 Å². The van der Waals surface area contributed by atoms with Crippen LogP contribution in [0.5, 0.6) is 0 Å². The van der Waals surface area contributed by atoms with Crippen molar-refractivity contribution in [2.45, 2.75) is 6.42 Å². The first-order valence-corrected chi connectivity index (χ1v) is 9.21. The van der Waals surface area contributed by atoms with E-state index in [0.717, 1.165) is 29.4 Å². The summed E-state index contributed by atoms with van der Waals surface area (Å²) < 4.78 is 24.6. The minimum absolute atomic E-state index is 0.193. The van der Waals surface area contributed by atoms with Gasteiger partial charge in [0.25, 0.3) is 0 Å². The maximum absolute atomic E-state index is 13.2. The summed E-state index contributed by atoms with van der Waals surface area (Å²) >= 11 is 0. The fourth-order valence-corrected chi connectivity index (χ4v) is 3.99. The molecular weight excluding hydrogens is 329 g/mol. The summed E-state index contributed by atoms with van der Waals surface area (Å²) in [5.41, 5.74) is 1.88. The molecule has 2 aromatic rings. The van der Waals surface area contributed by atoms with Gasteiger partial charge in [0.2, 0.25) is 0 Å². The van der Waals surface area contributed by atoms with Crippen LogP contribution in [-0.4, -0.2) is 56.6 Å². The van der Waals surface area contributed by atoms with E-state index in [4.69, 9.17) is 4.52 Å². The van der Waals surface area contributed by atoms with E-state index in [1.807, 2.05) is 44.6 Å². The molecule has 1 aromatic heterocycles. The highest BCUT2D eigenvalue weighted by Gasteiger charge is 2.27. The Labute approximate surface area is 142 Å². The largest absolute Gasteiger partial charge is 0.468 e. The number of ether oxygens (including phenoxy) is 1. The summed E-state index contributed by atoms with van der Waals surface area (Å²) in [6, 6.07) is 7.72. The lowest BCUT2D eigenvalue weighted by molar-refractivity contribution is -0.139. The molecule has 0 saturated heterocycles. The smallest absolute Gasteiger partial charge is 0.372 e. The van der Waals surface area contributed by atoms with Crippen molar-refractivity contribution in [3.05, 3.63) is 36.0 Å². The number of hydrogen-bond donors (Lipinski definition) is 1. The number of carbonyl (C=O) groups excluding carboxylic acids is 1. The number of nitrogens with one attached hydrogen (secondary N) is 1. The standard InChI is InChI=1S/C16H24N3O4P/c1-18(2)10-9-13-12-19(15-8-6-5-7-14(13)15)24(21,23-4)17-11-16(20)22-3/h5-8,12H,9-11H2,1-4H3,(H,17,21). The Kier molecular flexibility index (Phi) is 6.18. The number of likely N-dealkylation sites (N-methyl/N-ethyl adjacent to an activating group) is 1. The molecule has 0 bridgehead atoms. The molecule has 2 rings (SSSR count). The summed E-state index contributed by atoms with van der Waals surface area (Å²) in [5, 5.41) is 3.72. The number of hydrogen-bond acceptors (Lipinski definition) is 5. The summed E-state index contributed by atoms with van der Waals surface area (Å²) in [6.45, 7) is 0.683. The Balaban J connectivity index is 2.42. The molecule has 1 aromatic carbocycles. The fourth-order valence-electron chi connectivity index (χ4n) is 2.46. The van der Waals surface area contributed by atoms with Gasteiger partial charge < -0.3 is 14.2 Å². The van der Waals surface area contributed by atoms with Gasteiger partial charge in [-0.25, -0.2) is 9.65 Å². The molecule has 1 heterocycles. The number of aromatic nitrogens is 1. The predicted octanol–water partition coefficient (Wildman–Crippen LogP) is 2.11. The quantitative estimate of drug-likeness (QED) is 0.579. The van der Waals surface area contributed by atoms with E-state index < -0.39 is 13.6 Å². The highest BCUT2D eigenvalue weighted by Crippen LogP contribution is 2.46. The summed E-state index contributed by atoms with van der Waals surface area (Å²) in [7, 11) is 3.23. The van der Waals surface area contributed by atoms with E-state index in [0.29, 0.717) is 0 Å². The van der Waals surface area contributed by atoms with Crippen molar-refractivity contribution in [3.8, 4) is 0 Å². The minimum atomic E-state index is -3.44. The molecule has 24 heavy (non-hydrogen) atoms. The average molecular weight is 353 g/mol. The van der Waals surface area contributed by atoms with Crippen LogP contribution in [0.4, 0.5) is 0 Å². The van der Waals surface area contributed by atoms with E-state index >= 15 is 0 Å². The van der Waals surface area contributed by atoms with E-state index in [1.165, 1.54) is 14.2 Å². The van der Waals surface area contributed by atoms with Gasteiger partial charge in [-0.15, -0.1) is 0 Å². The number of para-hydroxylation sites is 1. The van der Waals surface area contributed by atoms with E-state index in [1.54, 1.807) is 4.34 Å². The Hall–Kier alpha value is -1.66. The van der Waals surface area contributed by atoms with E-state index in [9.17, 15) is 9.36 Å². The van der Waals surface area contributed by atoms with Gasteiger partial charge in [-0.3, -0.25) is 9.13 Å². The van der Waals surface area contributed by atoms with E-state index in [-0.39, 0.29) is 6.54 Å². The van der Waals surface area contributed by atoms with Crippen LogP contribution in [0.3, 0.4) is 0 Å². The molecule has 7 nitrogen and oxygen atoms in total. The maximum Gasteiger partial charge on any atom is 0.372 e. The van der Waals surface area contributed by atoms with Crippen LogP contribution in [0.25, 0.3) is 10.9 Å². The van der Waals surface area contributed by atoms with E-state index in [2.05, 4.69) is 14.7 Å². The van der Waals surface area contributed by atoms with Gasteiger partial charge in [0.15, 0.2) is 0 Å². The number of carbonyl (C=O) groups is 1. The van der Waals surface area contributed by atoms with Gasteiger partial charge in [0, 0.05) is 25.2 Å². The van der Waals surface area contributed by atoms with Gasteiger partial charge in [-0.1, -0.05) is 18.2 Å². The zero-order chi connectivity index (χ0) is 17.7. The molecule has 0 aliphatic rings. The molecule has 1 atom stereocenters. The average Bonchev–Trinajstić information content (AvgIpc) is 2.97. The van der Waals surface area contributed by atoms with Crippen molar-refractivity contribution < 1.29 is 18.6 Å². The molecule has 0 aliphatic carbocycles. The molecule has 1 N–H and O–H groups in total. The SMILES string of the molecule is COC(=O)CNP(=O)(OC)n1cc(CCN(C)C)c2ccccc21. The molecule has 8 heteroatoms. The first-order chi connectivity index (χ1) is 11.4. The first kappa shape index (κ1) is 18.7. The Morgan fingerprint density at radius 3 is 2.62 bits per heavy atom. The van der Waals surface area contributed by atoms with Gasteiger partial charge in [0.05, 0.1) is 12.6 Å². The number of methoxy groups -OCH3 is 1. The molecule has 132 valence electrons. The molecule has 0 spiro atoms. The zero-order valence-electron chi connectivity index (χ0n) is 14.5. The molecule has 1 unspecified atom stereocenters. The van der Waals surface area contributed by atoms with Crippen LogP contribution in [0.1, 0.15) is 5.56 Å². The second-order valence-corrected chi connectivity index (χ2v) is 7.84. The lowest BCUT2D eigenvalue weighted by Gasteiger charge is -2.19. The topological polar surface area (TPSA) is 72.8 Å². The van der Waals surface area contributed by atoms with Gasteiger partial charge in [-0.2, -0.15) is 0 Å². The van der Waals surface area contributed by atoms with Crippen LogP contribution in [0.15, 0.2) is 30.5 Å². The summed E-state index contributed by atoms with van der Waals surface area (Å²) in [6.07, 6.45) is 2.66. The molecular formula is C16H24N3O4P.